The minimum atomic E-state index is -0.999. The van der Waals surface area contributed by atoms with Crippen LogP contribution in [0.4, 0.5) is 11.4 Å². The zero-order valence-electron chi connectivity index (χ0n) is 16.2. The summed E-state index contributed by atoms with van der Waals surface area (Å²) in [6, 6.07) is 13.1. The Hall–Kier alpha value is -3.53. The number of nitrogens with zero attached hydrogens (tertiary/aromatic N) is 5. The summed E-state index contributed by atoms with van der Waals surface area (Å²) in [6.45, 7) is 3.28. The smallest absolute Gasteiger partial charge is 0.299 e. The predicted octanol–water partition coefficient (Wildman–Crippen LogP) is 2.44. The van der Waals surface area contributed by atoms with Gasteiger partial charge >= 0.3 is 0 Å². The molecule has 9 nitrogen and oxygen atoms in total. The van der Waals surface area contributed by atoms with Crippen LogP contribution in [0.15, 0.2) is 53.7 Å². The Morgan fingerprint density at radius 2 is 1.93 bits per heavy atom. The fourth-order valence-corrected chi connectivity index (χ4v) is 4.17. The average molecular weight is 423 g/mol. The average Bonchev–Trinajstić information content (AvgIpc) is 2.72. The van der Waals surface area contributed by atoms with Crippen molar-refractivity contribution in [1.29, 1.82) is 0 Å². The molecule has 0 aliphatic carbocycles. The number of para-hydroxylation sites is 2. The lowest BCUT2D eigenvalue weighted by Crippen LogP contribution is -2.58. The first kappa shape index (κ1) is 19.8. The van der Waals surface area contributed by atoms with E-state index in [4.69, 9.17) is 0 Å². The minimum Gasteiger partial charge on any atom is -0.854 e. The third-order valence-corrected chi connectivity index (χ3v) is 5.46. The number of hydrogen-bond donors (Lipinski definition) is 0. The minimum absolute atomic E-state index is 0.165. The summed E-state index contributed by atoms with van der Waals surface area (Å²) in [7, 11) is 0. The van der Waals surface area contributed by atoms with E-state index in [9.17, 15) is 20.0 Å². The Labute approximate surface area is 176 Å². The summed E-state index contributed by atoms with van der Waals surface area (Å²) in [6.07, 6.45) is -0.999. The van der Waals surface area contributed by atoms with Gasteiger partial charge in [-0.1, -0.05) is 47.6 Å². The van der Waals surface area contributed by atoms with Crippen LogP contribution in [0.2, 0.25) is 0 Å². The molecule has 1 unspecified atom stereocenters. The van der Waals surface area contributed by atoms with E-state index in [2.05, 4.69) is 10.1 Å². The molecule has 2 heterocycles. The fourth-order valence-electron chi connectivity index (χ4n) is 3.62. The van der Waals surface area contributed by atoms with Crippen molar-refractivity contribution in [3.8, 4) is 17.1 Å². The molecular weight excluding hydrogens is 406 g/mol. The number of nitro groups is 1. The highest BCUT2D eigenvalue weighted by atomic mass is 32.2. The molecule has 0 fully saturated rings. The van der Waals surface area contributed by atoms with Crippen molar-refractivity contribution in [3.63, 3.8) is 0 Å². The molecule has 30 heavy (non-hydrogen) atoms. The second-order valence-corrected chi connectivity index (χ2v) is 7.75. The number of carbonyl (C=O) groups excluding carboxylic acids is 1. The van der Waals surface area contributed by atoms with E-state index in [0.29, 0.717) is 17.0 Å². The second kappa shape index (κ2) is 7.71. The lowest BCUT2D eigenvalue weighted by Gasteiger charge is -2.32. The number of aromatic nitrogens is 3. The number of nitro benzene ring substituents is 1. The monoisotopic (exact) mass is 423 g/mol. The van der Waals surface area contributed by atoms with E-state index < -0.39 is 17.0 Å². The molecule has 10 heteroatoms. The molecule has 0 bridgehead atoms. The summed E-state index contributed by atoms with van der Waals surface area (Å²) < 4.78 is 1.39. The van der Waals surface area contributed by atoms with Crippen LogP contribution in [0.3, 0.4) is 0 Å². The summed E-state index contributed by atoms with van der Waals surface area (Å²) in [4.78, 5) is 29.5. The van der Waals surface area contributed by atoms with Crippen molar-refractivity contribution in [2.45, 2.75) is 25.2 Å². The van der Waals surface area contributed by atoms with Gasteiger partial charge in [0.2, 0.25) is 5.91 Å². The molecule has 3 aromatic rings. The summed E-state index contributed by atoms with van der Waals surface area (Å²) in [5.41, 5.74) is 1.25. The number of hydrogen-bond acceptors (Lipinski definition) is 7. The molecule has 152 valence electrons. The lowest BCUT2D eigenvalue weighted by molar-refractivity contribution is -0.764. The van der Waals surface area contributed by atoms with Crippen molar-refractivity contribution in [2.24, 2.45) is 0 Å². The van der Waals surface area contributed by atoms with Crippen molar-refractivity contribution < 1.29 is 19.5 Å². The van der Waals surface area contributed by atoms with Crippen molar-refractivity contribution in [1.82, 2.24) is 10.1 Å². The van der Waals surface area contributed by atoms with Crippen LogP contribution >= 0.6 is 11.8 Å². The molecule has 0 spiro atoms. The number of rotatable bonds is 4. The fraction of sp³-hybridized carbons (Fsp3) is 0.200. The highest BCUT2D eigenvalue weighted by molar-refractivity contribution is 7.99. The molecule has 0 radical (unpaired) electrons. The van der Waals surface area contributed by atoms with E-state index in [1.807, 2.05) is 6.92 Å². The van der Waals surface area contributed by atoms with Crippen molar-refractivity contribution in [3.05, 3.63) is 64.2 Å². The molecule has 0 N–H and O–H groups in total. The number of benzene rings is 2. The SMILES string of the molecule is CCSc1nc([O-])c2[n+](n1)C(c1ccccc1[N+](=O)[O-])N(C(C)=O)c1ccccc1-2. The van der Waals surface area contributed by atoms with E-state index >= 15 is 0 Å². The van der Waals surface area contributed by atoms with Crippen LogP contribution in [0, 0.1) is 10.1 Å². The molecule has 0 saturated heterocycles. The van der Waals surface area contributed by atoms with Gasteiger partial charge in [0.1, 0.15) is 5.56 Å². The summed E-state index contributed by atoms with van der Waals surface area (Å²) in [5.74, 6) is -0.193. The standard InChI is InChI=1S/C20H17N5O4S/c1-3-30-20-21-18(27)17-13-8-4-6-10-15(13)23(12(2)26)19(24(17)22-20)14-9-5-7-11-16(14)25(28)29/h4-11,19H,3H2,1-2H3. The van der Waals surface area contributed by atoms with Gasteiger partial charge in [-0.3, -0.25) is 14.9 Å². The highest BCUT2D eigenvalue weighted by Gasteiger charge is 2.46. The first-order valence-corrected chi connectivity index (χ1v) is 10.2. The molecule has 1 amide bonds. The molecule has 0 saturated carbocycles. The topological polar surface area (TPSA) is 116 Å². The van der Waals surface area contributed by atoms with Crippen LogP contribution in [0.25, 0.3) is 11.3 Å². The Balaban J connectivity index is 2.10. The maximum absolute atomic E-state index is 13.0. The Kier molecular flexibility index (Phi) is 5.08. The van der Waals surface area contributed by atoms with E-state index in [1.165, 1.54) is 34.3 Å². The summed E-state index contributed by atoms with van der Waals surface area (Å²) in [5, 5.41) is 29.5. The zero-order valence-corrected chi connectivity index (χ0v) is 17.0. The van der Waals surface area contributed by atoms with Crippen LogP contribution in [0.5, 0.6) is 5.88 Å². The number of amides is 1. The highest BCUT2D eigenvalue weighted by Crippen LogP contribution is 2.42. The normalized spacial score (nSPS) is 14.7. The molecule has 1 aliphatic heterocycles. The van der Waals surface area contributed by atoms with Gasteiger partial charge < -0.3 is 5.11 Å². The number of carbonyl (C=O) groups is 1. The van der Waals surface area contributed by atoms with Gasteiger partial charge in [0.05, 0.1) is 22.1 Å². The van der Waals surface area contributed by atoms with Crippen LogP contribution in [-0.2, 0) is 4.79 Å². The molecule has 1 aliphatic rings. The number of thioether (sulfide) groups is 1. The maximum atomic E-state index is 13.0. The molecule has 1 aromatic heterocycles. The molecular formula is C20H17N5O4S. The van der Waals surface area contributed by atoms with Gasteiger partial charge in [0.15, 0.2) is 0 Å². The first-order valence-electron chi connectivity index (χ1n) is 9.20. The quantitative estimate of drug-likeness (QED) is 0.274. The van der Waals surface area contributed by atoms with E-state index in [1.54, 1.807) is 42.5 Å². The summed E-state index contributed by atoms with van der Waals surface area (Å²) >= 11 is 1.28. The van der Waals surface area contributed by atoms with Gasteiger partial charge in [0, 0.05) is 18.1 Å². The Morgan fingerprint density at radius 1 is 1.23 bits per heavy atom. The third kappa shape index (κ3) is 3.14. The van der Waals surface area contributed by atoms with Gasteiger partial charge in [-0.15, -0.1) is 0 Å². The Morgan fingerprint density at radius 3 is 2.63 bits per heavy atom. The number of anilines is 1. The zero-order chi connectivity index (χ0) is 21.4. The van der Waals surface area contributed by atoms with Crippen LogP contribution in [-0.4, -0.2) is 26.7 Å². The third-order valence-electron chi connectivity index (χ3n) is 4.74. The van der Waals surface area contributed by atoms with Crippen molar-refractivity contribution in [2.75, 3.05) is 10.7 Å². The van der Waals surface area contributed by atoms with Gasteiger partial charge in [-0.05, 0) is 24.0 Å². The molecule has 4 rings (SSSR count). The van der Waals surface area contributed by atoms with E-state index in [0.717, 1.165) is 0 Å². The predicted molar refractivity (Wildman–Crippen MR) is 108 cm³/mol. The molecule has 1 atom stereocenters. The maximum Gasteiger partial charge on any atom is 0.299 e. The molecule has 2 aromatic carbocycles. The van der Waals surface area contributed by atoms with Gasteiger partial charge in [0.25, 0.3) is 22.7 Å². The van der Waals surface area contributed by atoms with Crippen molar-refractivity contribution >= 4 is 29.0 Å². The van der Waals surface area contributed by atoms with Crippen LogP contribution < -0.4 is 14.7 Å². The Bertz CT molecular complexity index is 1170. The second-order valence-electron chi connectivity index (χ2n) is 6.52. The first-order chi connectivity index (χ1) is 14.4. The van der Waals surface area contributed by atoms with Crippen LogP contribution in [0.1, 0.15) is 25.6 Å². The van der Waals surface area contributed by atoms with Gasteiger partial charge in [-0.2, -0.15) is 0 Å². The lowest BCUT2D eigenvalue weighted by atomic mass is 10.0. The van der Waals surface area contributed by atoms with Gasteiger partial charge in [-0.25, -0.2) is 9.88 Å². The van der Waals surface area contributed by atoms with E-state index in [-0.39, 0.29) is 28.0 Å². The number of fused-ring (bicyclic) bond motifs is 3. The largest absolute Gasteiger partial charge is 0.854 e.